The van der Waals surface area contributed by atoms with Crippen LogP contribution in [0.15, 0.2) is 73.7 Å². The van der Waals surface area contributed by atoms with E-state index in [0.717, 1.165) is 23.4 Å². The molecule has 0 bridgehead atoms. The Labute approximate surface area is 184 Å². The summed E-state index contributed by atoms with van der Waals surface area (Å²) in [6, 6.07) is 10.5. The molecule has 0 saturated carbocycles. The lowest BCUT2D eigenvalue weighted by Crippen LogP contribution is -2.33. The Hall–Kier alpha value is -3.83. The Bertz CT molecular complexity index is 1340. The molecule has 0 spiro atoms. The lowest BCUT2D eigenvalue weighted by Gasteiger charge is -2.27. The molecule has 0 saturated heterocycles. The summed E-state index contributed by atoms with van der Waals surface area (Å²) in [6.45, 7) is -0.124. The maximum atomic E-state index is 14.7. The molecule has 1 N–H and O–H groups in total. The topological polar surface area (TPSA) is 94.5 Å². The Kier molecular flexibility index (Phi) is 5.04. The van der Waals surface area contributed by atoms with Crippen LogP contribution in [0.1, 0.15) is 10.4 Å². The summed E-state index contributed by atoms with van der Waals surface area (Å²) in [5.41, 5.74) is -0.323. The number of aliphatic hydroxyl groups is 1. The minimum Gasteiger partial charge on any atom is -0.377 e. The van der Waals surface area contributed by atoms with Crippen LogP contribution in [0.2, 0.25) is 0 Å². The average molecular weight is 451 g/mol. The van der Waals surface area contributed by atoms with Crippen molar-refractivity contribution < 1.29 is 13.9 Å². The molecule has 0 aliphatic heterocycles. The summed E-state index contributed by atoms with van der Waals surface area (Å²) in [7, 11) is 0. The van der Waals surface area contributed by atoms with Gasteiger partial charge in [-0.15, -0.1) is 11.3 Å². The van der Waals surface area contributed by atoms with Crippen molar-refractivity contribution in [1.29, 1.82) is 0 Å². The fourth-order valence-electron chi connectivity index (χ4n) is 3.35. The van der Waals surface area contributed by atoms with Crippen molar-refractivity contribution in [2.75, 3.05) is 0 Å². The van der Waals surface area contributed by atoms with Crippen LogP contribution in [0.5, 0.6) is 0 Å². The molecule has 1 unspecified atom stereocenters. The normalized spacial score (nSPS) is 13.2. The van der Waals surface area contributed by atoms with Gasteiger partial charge < -0.3 is 5.11 Å². The minimum absolute atomic E-state index is 0.0790. The van der Waals surface area contributed by atoms with Crippen molar-refractivity contribution >= 4 is 11.3 Å². The molecule has 0 radical (unpaired) electrons. The van der Waals surface area contributed by atoms with E-state index < -0.39 is 17.2 Å². The van der Waals surface area contributed by atoms with E-state index in [1.165, 1.54) is 45.7 Å². The molecule has 160 valence electrons. The highest BCUT2D eigenvalue weighted by Crippen LogP contribution is 2.39. The summed E-state index contributed by atoms with van der Waals surface area (Å²) in [5, 5.41) is 24.5. The van der Waals surface area contributed by atoms with Gasteiger partial charge in [0.25, 0.3) is 0 Å². The maximum Gasteiger partial charge on any atom is 0.148 e. The van der Waals surface area contributed by atoms with Crippen LogP contribution in [0.3, 0.4) is 0 Å². The smallest absolute Gasteiger partial charge is 0.148 e. The third kappa shape index (κ3) is 3.67. The Morgan fingerprint density at radius 3 is 2.47 bits per heavy atom. The predicted molar refractivity (Wildman–Crippen MR) is 112 cm³/mol. The second-order valence-electron chi connectivity index (χ2n) is 6.97. The molecule has 3 heterocycles. The van der Waals surface area contributed by atoms with Crippen molar-refractivity contribution in [3.05, 3.63) is 95.8 Å². The van der Waals surface area contributed by atoms with E-state index >= 15 is 0 Å². The van der Waals surface area contributed by atoms with Gasteiger partial charge in [-0.3, -0.25) is 0 Å². The number of rotatable bonds is 6. The van der Waals surface area contributed by atoms with E-state index in [1.807, 2.05) is 24.3 Å². The quantitative estimate of drug-likeness (QED) is 0.426. The first kappa shape index (κ1) is 20.1. The van der Waals surface area contributed by atoms with Crippen LogP contribution in [0.25, 0.3) is 16.3 Å². The number of halogens is 2. The second-order valence-corrected chi connectivity index (χ2v) is 8.00. The van der Waals surface area contributed by atoms with E-state index in [-0.39, 0.29) is 12.1 Å². The summed E-state index contributed by atoms with van der Waals surface area (Å²) in [4.78, 5) is 10.2. The Morgan fingerprint density at radius 1 is 1.00 bits per heavy atom. The van der Waals surface area contributed by atoms with E-state index in [9.17, 15) is 13.9 Å². The molecule has 5 aromatic rings. The standard InChI is InChI=1S/C21H15F2N7OS/c22-15-3-6-17(18(23)9-15)21(31,11-29-13-24-12-28-29)19-10-25-20(32-19)14-1-4-16(5-2-14)30-26-7-8-27-30/h1-10,12-13,31H,11H2. The van der Waals surface area contributed by atoms with Gasteiger partial charge in [-0.05, 0) is 36.4 Å². The first-order valence-corrected chi connectivity index (χ1v) is 10.3. The van der Waals surface area contributed by atoms with Crippen LogP contribution in [-0.2, 0) is 12.1 Å². The summed E-state index contributed by atoms with van der Waals surface area (Å²) in [6.07, 6.45) is 7.39. The largest absolute Gasteiger partial charge is 0.377 e. The molecule has 1 atom stereocenters. The van der Waals surface area contributed by atoms with Crippen molar-refractivity contribution in [2.24, 2.45) is 0 Å². The molecule has 11 heteroatoms. The monoisotopic (exact) mass is 451 g/mol. The zero-order chi connectivity index (χ0) is 22.1. The highest BCUT2D eigenvalue weighted by atomic mass is 32.1. The van der Waals surface area contributed by atoms with Crippen molar-refractivity contribution in [1.82, 2.24) is 34.7 Å². The molecule has 8 nitrogen and oxygen atoms in total. The van der Waals surface area contributed by atoms with Gasteiger partial charge in [0.05, 0.1) is 29.5 Å². The van der Waals surface area contributed by atoms with Gasteiger partial charge in [-0.2, -0.15) is 20.1 Å². The molecule has 3 aromatic heterocycles. The van der Waals surface area contributed by atoms with Gasteiger partial charge in [0.2, 0.25) is 0 Å². The highest BCUT2D eigenvalue weighted by molar-refractivity contribution is 7.15. The van der Waals surface area contributed by atoms with Crippen molar-refractivity contribution in [3.8, 4) is 16.3 Å². The van der Waals surface area contributed by atoms with E-state index in [0.29, 0.717) is 9.88 Å². The summed E-state index contributed by atoms with van der Waals surface area (Å²) < 4.78 is 29.6. The average Bonchev–Trinajstić information content (AvgIpc) is 3.56. The van der Waals surface area contributed by atoms with Crippen LogP contribution in [0.4, 0.5) is 8.78 Å². The molecule has 0 amide bonds. The molecule has 5 rings (SSSR count). The zero-order valence-electron chi connectivity index (χ0n) is 16.4. The van der Waals surface area contributed by atoms with Gasteiger partial charge in [0.15, 0.2) is 0 Å². The maximum absolute atomic E-state index is 14.7. The number of thiazole rings is 1. The first-order chi connectivity index (χ1) is 15.5. The van der Waals surface area contributed by atoms with Crippen LogP contribution in [0, 0.1) is 11.6 Å². The number of hydrogen-bond acceptors (Lipinski definition) is 7. The predicted octanol–water partition coefficient (Wildman–Crippen LogP) is 3.20. The molecule has 2 aromatic carbocycles. The van der Waals surface area contributed by atoms with Gasteiger partial charge in [-0.1, -0.05) is 0 Å². The van der Waals surface area contributed by atoms with Gasteiger partial charge in [0.1, 0.15) is 34.9 Å². The molecule has 0 aliphatic rings. The van der Waals surface area contributed by atoms with E-state index in [4.69, 9.17) is 0 Å². The van der Waals surface area contributed by atoms with Crippen molar-refractivity contribution in [3.63, 3.8) is 0 Å². The molecular formula is C21H15F2N7OS. The lowest BCUT2D eigenvalue weighted by atomic mass is 9.92. The third-order valence-corrected chi connectivity index (χ3v) is 6.11. The third-order valence-electron chi connectivity index (χ3n) is 4.91. The molecule has 0 aliphatic carbocycles. The highest BCUT2D eigenvalue weighted by Gasteiger charge is 2.37. The second kappa shape index (κ2) is 8.02. The van der Waals surface area contributed by atoms with Gasteiger partial charge >= 0.3 is 0 Å². The Morgan fingerprint density at radius 2 is 1.78 bits per heavy atom. The molecule has 0 fully saturated rings. The lowest BCUT2D eigenvalue weighted by molar-refractivity contribution is 0.0569. The number of aromatic nitrogens is 7. The fourth-order valence-corrected chi connectivity index (χ4v) is 4.37. The van der Waals surface area contributed by atoms with E-state index in [2.05, 4.69) is 25.3 Å². The minimum atomic E-state index is -1.83. The SMILES string of the molecule is OC(Cn1cncn1)(c1cnc(-c2ccc(-n3nccn3)cc2)s1)c1ccc(F)cc1F. The number of hydrogen-bond donors (Lipinski definition) is 1. The molecular weight excluding hydrogens is 436 g/mol. The van der Waals surface area contributed by atoms with Crippen LogP contribution in [-0.4, -0.2) is 39.8 Å². The first-order valence-electron chi connectivity index (χ1n) is 9.47. The molecule has 32 heavy (non-hydrogen) atoms. The van der Waals surface area contributed by atoms with Crippen molar-refractivity contribution in [2.45, 2.75) is 12.1 Å². The van der Waals surface area contributed by atoms with Gasteiger partial charge in [-0.25, -0.2) is 23.4 Å². The number of nitrogens with zero attached hydrogens (tertiary/aromatic N) is 7. The van der Waals surface area contributed by atoms with Crippen LogP contribution < -0.4 is 0 Å². The summed E-state index contributed by atoms with van der Waals surface area (Å²) >= 11 is 1.20. The van der Waals surface area contributed by atoms with Crippen LogP contribution >= 0.6 is 11.3 Å². The zero-order valence-corrected chi connectivity index (χ0v) is 17.2. The number of benzene rings is 2. The van der Waals surface area contributed by atoms with E-state index in [1.54, 1.807) is 12.4 Å². The summed E-state index contributed by atoms with van der Waals surface area (Å²) in [5.74, 6) is -1.59. The van der Waals surface area contributed by atoms with Gasteiger partial charge in [0, 0.05) is 23.4 Å². The fraction of sp³-hybridized carbons (Fsp3) is 0.0952. The Balaban J connectivity index is 1.53.